The van der Waals surface area contributed by atoms with Crippen LogP contribution in [0.15, 0.2) is 71.1 Å². The standard InChI is InChI=1S/C24H15Cl2FN4O2/c1-13-10-20-21(30-31(29-20)16-5-3-15(27)4-6-16)12-19(13)28-24(32)23-9-8-22(33-23)14-2-7-17(25)18(26)11-14/h2-12H,1H3,(H,28,32). The Bertz CT molecular complexity index is 1510. The molecule has 6 nitrogen and oxygen atoms in total. The van der Waals surface area contributed by atoms with Crippen molar-refractivity contribution in [2.24, 2.45) is 0 Å². The second kappa shape index (κ2) is 8.35. The average molecular weight is 481 g/mol. The van der Waals surface area contributed by atoms with Gasteiger partial charge in [0.1, 0.15) is 22.6 Å². The van der Waals surface area contributed by atoms with E-state index in [1.165, 1.54) is 16.9 Å². The molecule has 0 saturated heterocycles. The molecule has 9 heteroatoms. The first-order valence-corrected chi connectivity index (χ1v) is 10.6. The Hall–Kier alpha value is -3.68. The van der Waals surface area contributed by atoms with E-state index in [0.717, 1.165) is 5.56 Å². The number of carbonyl (C=O) groups excluding carboxylic acids is 1. The number of furan rings is 1. The van der Waals surface area contributed by atoms with E-state index in [9.17, 15) is 9.18 Å². The van der Waals surface area contributed by atoms with Crippen LogP contribution in [0, 0.1) is 12.7 Å². The van der Waals surface area contributed by atoms with Crippen LogP contribution < -0.4 is 5.32 Å². The first-order valence-electron chi connectivity index (χ1n) is 9.87. The number of benzene rings is 3. The lowest BCUT2D eigenvalue weighted by atomic mass is 10.1. The Labute approximate surface area is 197 Å². The minimum Gasteiger partial charge on any atom is -0.451 e. The summed E-state index contributed by atoms with van der Waals surface area (Å²) >= 11 is 12.0. The fourth-order valence-electron chi connectivity index (χ4n) is 3.34. The third kappa shape index (κ3) is 4.20. The zero-order chi connectivity index (χ0) is 23.1. The number of aryl methyl sites for hydroxylation is 1. The van der Waals surface area contributed by atoms with Crippen molar-refractivity contribution in [2.75, 3.05) is 5.32 Å². The first-order chi connectivity index (χ1) is 15.9. The number of nitrogens with one attached hydrogen (secondary N) is 1. The van der Waals surface area contributed by atoms with Crippen molar-refractivity contribution in [3.63, 3.8) is 0 Å². The molecule has 5 rings (SSSR count). The van der Waals surface area contributed by atoms with Crippen LogP contribution in [0.2, 0.25) is 10.0 Å². The normalized spacial score (nSPS) is 11.2. The van der Waals surface area contributed by atoms with Crippen molar-refractivity contribution < 1.29 is 13.6 Å². The van der Waals surface area contributed by atoms with E-state index < -0.39 is 5.91 Å². The predicted molar refractivity (Wildman–Crippen MR) is 126 cm³/mol. The number of hydrogen-bond acceptors (Lipinski definition) is 4. The van der Waals surface area contributed by atoms with E-state index in [1.54, 1.807) is 48.5 Å². The second-order valence-electron chi connectivity index (χ2n) is 7.37. The zero-order valence-corrected chi connectivity index (χ0v) is 18.7. The summed E-state index contributed by atoms with van der Waals surface area (Å²) < 4.78 is 18.9. The fourth-order valence-corrected chi connectivity index (χ4v) is 3.64. The Kier molecular flexibility index (Phi) is 5.36. The van der Waals surface area contributed by atoms with Crippen LogP contribution >= 0.6 is 23.2 Å². The van der Waals surface area contributed by atoms with Crippen molar-refractivity contribution in [1.29, 1.82) is 0 Å². The number of carbonyl (C=O) groups is 1. The predicted octanol–water partition coefficient (Wildman–Crippen LogP) is 6.69. The largest absolute Gasteiger partial charge is 0.451 e. The van der Waals surface area contributed by atoms with E-state index in [4.69, 9.17) is 27.6 Å². The van der Waals surface area contributed by atoms with Crippen LogP contribution in [0.4, 0.5) is 10.1 Å². The van der Waals surface area contributed by atoms with Gasteiger partial charge in [-0.1, -0.05) is 23.2 Å². The van der Waals surface area contributed by atoms with Gasteiger partial charge < -0.3 is 9.73 Å². The van der Waals surface area contributed by atoms with Crippen LogP contribution in [-0.2, 0) is 0 Å². The minimum atomic E-state index is -0.408. The summed E-state index contributed by atoms with van der Waals surface area (Å²) in [5, 5.41) is 12.6. The summed E-state index contributed by atoms with van der Waals surface area (Å²) in [4.78, 5) is 14.2. The molecule has 0 radical (unpaired) electrons. The number of anilines is 1. The summed E-state index contributed by atoms with van der Waals surface area (Å²) in [5.41, 5.74) is 3.94. The van der Waals surface area contributed by atoms with Crippen molar-refractivity contribution in [1.82, 2.24) is 15.0 Å². The third-order valence-electron chi connectivity index (χ3n) is 5.07. The molecule has 1 amide bonds. The SMILES string of the molecule is Cc1cc2nn(-c3ccc(F)cc3)nc2cc1NC(=O)c1ccc(-c2ccc(Cl)c(Cl)c2)o1. The molecule has 0 bridgehead atoms. The molecule has 164 valence electrons. The Morgan fingerprint density at radius 2 is 1.67 bits per heavy atom. The molecular formula is C24H15Cl2FN4O2. The highest BCUT2D eigenvalue weighted by Gasteiger charge is 2.16. The van der Waals surface area contributed by atoms with Crippen LogP contribution in [0.1, 0.15) is 16.1 Å². The molecular weight excluding hydrogens is 466 g/mol. The van der Waals surface area contributed by atoms with Gasteiger partial charge in [0, 0.05) is 11.3 Å². The highest BCUT2D eigenvalue weighted by molar-refractivity contribution is 6.42. The van der Waals surface area contributed by atoms with Gasteiger partial charge in [-0.05, 0) is 79.2 Å². The van der Waals surface area contributed by atoms with Gasteiger partial charge in [0.25, 0.3) is 5.91 Å². The second-order valence-corrected chi connectivity index (χ2v) is 8.18. The Morgan fingerprint density at radius 1 is 0.939 bits per heavy atom. The van der Waals surface area contributed by atoms with Gasteiger partial charge in [-0.3, -0.25) is 4.79 Å². The van der Waals surface area contributed by atoms with Gasteiger partial charge in [-0.2, -0.15) is 4.80 Å². The summed E-state index contributed by atoms with van der Waals surface area (Å²) in [7, 11) is 0. The average Bonchev–Trinajstić information content (AvgIpc) is 3.44. The Morgan fingerprint density at radius 3 is 2.39 bits per heavy atom. The lowest BCUT2D eigenvalue weighted by Crippen LogP contribution is -2.11. The maximum atomic E-state index is 13.2. The van der Waals surface area contributed by atoms with Crippen LogP contribution in [-0.4, -0.2) is 20.9 Å². The molecule has 0 fully saturated rings. The highest BCUT2D eigenvalue weighted by atomic mass is 35.5. The molecule has 0 aliphatic rings. The fraction of sp³-hybridized carbons (Fsp3) is 0.0417. The number of halogens is 3. The molecule has 0 spiro atoms. The molecule has 0 unspecified atom stereocenters. The molecule has 0 atom stereocenters. The van der Waals surface area contributed by atoms with Gasteiger partial charge in [0.2, 0.25) is 0 Å². The van der Waals surface area contributed by atoms with E-state index >= 15 is 0 Å². The molecule has 2 aromatic heterocycles. The smallest absolute Gasteiger partial charge is 0.291 e. The number of rotatable bonds is 4. The molecule has 3 aromatic carbocycles. The number of aromatic nitrogens is 3. The maximum Gasteiger partial charge on any atom is 0.291 e. The van der Waals surface area contributed by atoms with Crippen molar-refractivity contribution in [3.05, 3.63) is 93.9 Å². The number of amides is 1. The van der Waals surface area contributed by atoms with Crippen LogP contribution in [0.5, 0.6) is 0 Å². The van der Waals surface area contributed by atoms with Gasteiger partial charge in [0.15, 0.2) is 5.76 Å². The lowest BCUT2D eigenvalue weighted by Gasteiger charge is -2.06. The molecule has 0 saturated carbocycles. The molecule has 1 N–H and O–H groups in total. The Balaban J connectivity index is 1.40. The van der Waals surface area contributed by atoms with E-state index in [1.807, 2.05) is 13.0 Å². The third-order valence-corrected chi connectivity index (χ3v) is 5.81. The molecule has 33 heavy (non-hydrogen) atoms. The minimum absolute atomic E-state index is 0.144. The molecule has 2 heterocycles. The maximum absolute atomic E-state index is 13.2. The van der Waals surface area contributed by atoms with Crippen LogP contribution in [0.3, 0.4) is 0 Å². The lowest BCUT2D eigenvalue weighted by molar-refractivity contribution is 0.0997. The highest BCUT2D eigenvalue weighted by Crippen LogP contribution is 2.30. The van der Waals surface area contributed by atoms with Gasteiger partial charge >= 0.3 is 0 Å². The molecule has 0 aliphatic carbocycles. The molecule has 5 aromatic rings. The van der Waals surface area contributed by atoms with Crippen LogP contribution in [0.25, 0.3) is 28.0 Å². The molecule has 0 aliphatic heterocycles. The number of nitrogens with zero attached hydrogens (tertiary/aromatic N) is 3. The summed E-state index contributed by atoms with van der Waals surface area (Å²) in [6.07, 6.45) is 0. The van der Waals surface area contributed by atoms with Gasteiger partial charge in [0.05, 0.1) is 15.7 Å². The first kappa shape index (κ1) is 21.2. The van der Waals surface area contributed by atoms with Crippen molar-refractivity contribution in [2.45, 2.75) is 6.92 Å². The van der Waals surface area contributed by atoms with Crippen molar-refractivity contribution >= 4 is 45.8 Å². The van der Waals surface area contributed by atoms with Gasteiger partial charge in [-0.15, -0.1) is 10.2 Å². The number of hydrogen-bond donors (Lipinski definition) is 1. The summed E-state index contributed by atoms with van der Waals surface area (Å²) in [6.45, 7) is 1.86. The van der Waals surface area contributed by atoms with E-state index in [0.29, 0.717) is 43.8 Å². The monoisotopic (exact) mass is 480 g/mol. The summed E-state index contributed by atoms with van der Waals surface area (Å²) in [5.74, 6) is -0.107. The van der Waals surface area contributed by atoms with Crippen molar-refractivity contribution in [3.8, 4) is 17.0 Å². The number of fused-ring (bicyclic) bond motifs is 1. The van der Waals surface area contributed by atoms with E-state index in [-0.39, 0.29) is 11.6 Å². The summed E-state index contributed by atoms with van der Waals surface area (Å²) in [6, 6.07) is 17.8. The van der Waals surface area contributed by atoms with E-state index in [2.05, 4.69) is 15.5 Å². The quantitative estimate of drug-likeness (QED) is 0.311. The van der Waals surface area contributed by atoms with Gasteiger partial charge in [-0.25, -0.2) is 4.39 Å². The zero-order valence-electron chi connectivity index (χ0n) is 17.1. The topological polar surface area (TPSA) is 73.0 Å².